The SMILES string of the molecule is N#Cc1ccccc1COc1cccc2c1CCC2O. The third-order valence-electron chi connectivity index (χ3n) is 3.72. The van der Waals surface area contributed by atoms with Gasteiger partial charge < -0.3 is 9.84 Å². The predicted molar refractivity (Wildman–Crippen MR) is 75.2 cm³/mol. The molecule has 0 bridgehead atoms. The molecule has 0 aliphatic heterocycles. The molecule has 3 rings (SSSR count). The molecule has 0 aromatic heterocycles. The molecule has 2 aromatic carbocycles. The van der Waals surface area contributed by atoms with Crippen LogP contribution in [0.5, 0.6) is 5.75 Å². The van der Waals surface area contributed by atoms with Crippen LogP contribution in [0.25, 0.3) is 0 Å². The minimum Gasteiger partial charge on any atom is -0.489 e. The molecule has 20 heavy (non-hydrogen) atoms. The normalized spacial score (nSPS) is 16.5. The van der Waals surface area contributed by atoms with E-state index in [1.165, 1.54) is 0 Å². The molecule has 1 N–H and O–H groups in total. The van der Waals surface area contributed by atoms with Crippen LogP contribution in [0, 0.1) is 11.3 Å². The lowest BCUT2D eigenvalue weighted by molar-refractivity contribution is 0.180. The fraction of sp³-hybridized carbons (Fsp3) is 0.235. The number of ether oxygens (including phenoxy) is 1. The van der Waals surface area contributed by atoms with Gasteiger partial charge in [0.1, 0.15) is 12.4 Å². The summed E-state index contributed by atoms with van der Waals surface area (Å²) < 4.78 is 5.86. The maximum atomic E-state index is 9.87. The number of fused-ring (bicyclic) bond motifs is 1. The topological polar surface area (TPSA) is 53.2 Å². The Morgan fingerprint density at radius 1 is 1.20 bits per heavy atom. The summed E-state index contributed by atoms with van der Waals surface area (Å²) in [4.78, 5) is 0. The summed E-state index contributed by atoms with van der Waals surface area (Å²) >= 11 is 0. The van der Waals surface area contributed by atoms with Crippen LogP contribution in [0.15, 0.2) is 42.5 Å². The summed E-state index contributed by atoms with van der Waals surface area (Å²) in [6, 6.07) is 15.4. The van der Waals surface area contributed by atoms with E-state index in [-0.39, 0.29) is 6.10 Å². The van der Waals surface area contributed by atoms with Crippen LogP contribution in [0.1, 0.15) is 34.8 Å². The predicted octanol–water partition coefficient (Wildman–Crippen LogP) is 3.12. The van der Waals surface area contributed by atoms with E-state index in [0.717, 1.165) is 35.3 Å². The first-order valence-electron chi connectivity index (χ1n) is 6.70. The van der Waals surface area contributed by atoms with Gasteiger partial charge in [-0.3, -0.25) is 0 Å². The van der Waals surface area contributed by atoms with Crippen molar-refractivity contribution in [1.82, 2.24) is 0 Å². The minimum absolute atomic E-state index is 0.371. The van der Waals surface area contributed by atoms with Crippen LogP contribution in [-0.2, 0) is 13.0 Å². The van der Waals surface area contributed by atoms with Crippen molar-refractivity contribution in [2.24, 2.45) is 0 Å². The third-order valence-corrected chi connectivity index (χ3v) is 3.72. The second kappa shape index (κ2) is 5.36. The molecule has 0 saturated carbocycles. The van der Waals surface area contributed by atoms with Crippen molar-refractivity contribution in [3.8, 4) is 11.8 Å². The number of hydrogen-bond acceptors (Lipinski definition) is 3. The Kier molecular flexibility index (Phi) is 3.41. The number of benzene rings is 2. The first-order valence-corrected chi connectivity index (χ1v) is 6.70. The lowest BCUT2D eigenvalue weighted by Gasteiger charge is -2.12. The molecule has 2 aromatic rings. The van der Waals surface area contributed by atoms with Crippen LogP contribution in [0.3, 0.4) is 0 Å². The summed E-state index contributed by atoms with van der Waals surface area (Å²) in [5.74, 6) is 0.812. The van der Waals surface area contributed by atoms with Crippen LogP contribution in [0.2, 0.25) is 0 Å². The number of rotatable bonds is 3. The van der Waals surface area contributed by atoms with Gasteiger partial charge in [0, 0.05) is 11.1 Å². The fourth-order valence-corrected chi connectivity index (χ4v) is 2.64. The summed E-state index contributed by atoms with van der Waals surface area (Å²) in [6.45, 7) is 0.371. The first-order chi connectivity index (χ1) is 9.79. The highest BCUT2D eigenvalue weighted by molar-refractivity contribution is 5.45. The summed E-state index contributed by atoms with van der Waals surface area (Å²) in [6.07, 6.45) is 1.22. The molecule has 0 amide bonds. The van der Waals surface area contributed by atoms with Gasteiger partial charge in [-0.15, -0.1) is 0 Å². The van der Waals surface area contributed by atoms with Crippen molar-refractivity contribution < 1.29 is 9.84 Å². The van der Waals surface area contributed by atoms with E-state index in [1.807, 2.05) is 36.4 Å². The lowest BCUT2D eigenvalue weighted by Crippen LogP contribution is -2.00. The Hall–Kier alpha value is -2.31. The second-order valence-corrected chi connectivity index (χ2v) is 4.94. The Morgan fingerprint density at radius 3 is 2.90 bits per heavy atom. The molecule has 1 aliphatic rings. The van der Waals surface area contributed by atoms with Gasteiger partial charge >= 0.3 is 0 Å². The molecule has 0 spiro atoms. The Morgan fingerprint density at radius 2 is 2.05 bits per heavy atom. The Labute approximate surface area is 118 Å². The fourth-order valence-electron chi connectivity index (χ4n) is 2.64. The van der Waals surface area contributed by atoms with Crippen molar-refractivity contribution in [2.75, 3.05) is 0 Å². The van der Waals surface area contributed by atoms with E-state index in [9.17, 15) is 5.11 Å². The first kappa shape index (κ1) is 12.7. The van der Waals surface area contributed by atoms with E-state index < -0.39 is 0 Å². The van der Waals surface area contributed by atoms with E-state index in [0.29, 0.717) is 12.2 Å². The molecule has 100 valence electrons. The molecule has 1 atom stereocenters. The average Bonchev–Trinajstić information content (AvgIpc) is 2.88. The molecule has 0 radical (unpaired) electrons. The minimum atomic E-state index is -0.375. The van der Waals surface area contributed by atoms with Gasteiger partial charge in [0.15, 0.2) is 0 Å². The Bertz CT molecular complexity index is 673. The highest BCUT2D eigenvalue weighted by Crippen LogP contribution is 2.36. The zero-order valence-electron chi connectivity index (χ0n) is 11.0. The molecule has 3 heteroatoms. The number of nitriles is 1. The molecule has 1 unspecified atom stereocenters. The van der Waals surface area contributed by atoms with Gasteiger partial charge in [-0.25, -0.2) is 0 Å². The van der Waals surface area contributed by atoms with Gasteiger partial charge in [-0.05, 0) is 30.5 Å². The van der Waals surface area contributed by atoms with Crippen LogP contribution >= 0.6 is 0 Å². The van der Waals surface area contributed by atoms with E-state index in [2.05, 4.69) is 6.07 Å². The largest absolute Gasteiger partial charge is 0.489 e. The smallest absolute Gasteiger partial charge is 0.123 e. The van der Waals surface area contributed by atoms with Gasteiger partial charge in [-0.2, -0.15) is 5.26 Å². The van der Waals surface area contributed by atoms with Gasteiger partial charge in [0.05, 0.1) is 17.7 Å². The monoisotopic (exact) mass is 265 g/mol. The van der Waals surface area contributed by atoms with Crippen molar-refractivity contribution in [2.45, 2.75) is 25.6 Å². The molecule has 3 nitrogen and oxygen atoms in total. The standard InChI is InChI=1S/C17H15NO2/c18-10-12-4-1-2-5-13(12)11-20-17-7-3-6-14-15(17)8-9-16(14)19/h1-7,16,19H,8-9,11H2. The summed E-state index contributed by atoms with van der Waals surface area (Å²) in [5, 5.41) is 18.9. The summed E-state index contributed by atoms with van der Waals surface area (Å²) in [7, 11) is 0. The molecule has 0 heterocycles. The highest BCUT2D eigenvalue weighted by Gasteiger charge is 2.23. The number of nitrogens with zero attached hydrogens (tertiary/aromatic N) is 1. The van der Waals surface area contributed by atoms with Crippen molar-refractivity contribution in [3.63, 3.8) is 0 Å². The lowest BCUT2D eigenvalue weighted by atomic mass is 10.1. The molecule has 0 fully saturated rings. The zero-order chi connectivity index (χ0) is 13.9. The average molecular weight is 265 g/mol. The van der Waals surface area contributed by atoms with Crippen molar-refractivity contribution >= 4 is 0 Å². The van der Waals surface area contributed by atoms with Crippen molar-refractivity contribution in [3.05, 3.63) is 64.7 Å². The number of hydrogen-bond donors (Lipinski definition) is 1. The number of aliphatic hydroxyl groups is 1. The molecule has 0 saturated heterocycles. The molecular weight excluding hydrogens is 250 g/mol. The zero-order valence-corrected chi connectivity index (χ0v) is 11.0. The van der Waals surface area contributed by atoms with Crippen LogP contribution in [-0.4, -0.2) is 5.11 Å². The van der Waals surface area contributed by atoms with E-state index >= 15 is 0 Å². The quantitative estimate of drug-likeness (QED) is 0.927. The second-order valence-electron chi connectivity index (χ2n) is 4.94. The number of aliphatic hydroxyl groups excluding tert-OH is 1. The highest BCUT2D eigenvalue weighted by atomic mass is 16.5. The van der Waals surface area contributed by atoms with E-state index in [1.54, 1.807) is 6.07 Å². The maximum Gasteiger partial charge on any atom is 0.123 e. The molecular formula is C17H15NO2. The third kappa shape index (κ3) is 2.26. The van der Waals surface area contributed by atoms with Crippen LogP contribution < -0.4 is 4.74 Å². The molecule has 1 aliphatic carbocycles. The summed E-state index contributed by atoms with van der Waals surface area (Å²) in [5.41, 5.74) is 3.58. The Balaban J connectivity index is 1.82. The van der Waals surface area contributed by atoms with Gasteiger partial charge in [0.25, 0.3) is 0 Å². The van der Waals surface area contributed by atoms with E-state index in [4.69, 9.17) is 10.00 Å². The van der Waals surface area contributed by atoms with Gasteiger partial charge in [0.2, 0.25) is 0 Å². The maximum absolute atomic E-state index is 9.87. The van der Waals surface area contributed by atoms with Crippen molar-refractivity contribution in [1.29, 1.82) is 5.26 Å². The van der Waals surface area contributed by atoms with Gasteiger partial charge in [-0.1, -0.05) is 30.3 Å². The van der Waals surface area contributed by atoms with Crippen LogP contribution in [0.4, 0.5) is 0 Å².